The summed E-state index contributed by atoms with van der Waals surface area (Å²) in [6.07, 6.45) is 0.858. The van der Waals surface area contributed by atoms with Gasteiger partial charge in [0.05, 0.1) is 0 Å². The van der Waals surface area contributed by atoms with Gasteiger partial charge in [0.1, 0.15) is 6.10 Å². The van der Waals surface area contributed by atoms with Crippen LogP contribution in [0.4, 0.5) is 0 Å². The molecule has 3 N–H and O–H groups in total. The molecule has 0 aromatic rings. The van der Waals surface area contributed by atoms with E-state index in [0.29, 0.717) is 6.54 Å². The highest BCUT2D eigenvalue weighted by Gasteiger charge is 2.23. The minimum absolute atomic E-state index is 0.0406. The minimum atomic E-state index is -1.06. The van der Waals surface area contributed by atoms with Crippen LogP contribution >= 0.6 is 0 Å². The van der Waals surface area contributed by atoms with Gasteiger partial charge >= 0.3 is 5.97 Å². The lowest BCUT2D eigenvalue weighted by atomic mass is 10.1. The lowest BCUT2D eigenvalue weighted by molar-refractivity contribution is -0.161. The fourth-order valence-electron chi connectivity index (χ4n) is 1.62. The molecule has 0 saturated carbocycles. The van der Waals surface area contributed by atoms with Crippen molar-refractivity contribution in [3.8, 4) is 0 Å². The summed E-state index contributed by atoms with van der Waals surface area (Å²) in [7, 11) is 2.04. The average Bonchev–Trinajstić information content (AvgIpc) is 2.22. The largest absolute Gasteiger partial charge is 0.460 e. The molecule has 1 aliphatic heterocycles. The third-order valence-electron chi connectivity index (χ3n) is 2.66. The molecule has 0 aromatic carbocycles. The van der Waals surface area contributed by atoms with Gasteiger partial charge in [-0.2, -0.15) is 0 Å². The highest BCUT2D eigenvalue weighted by molar-refractivity contribution is 5.74. The van der Waals surface area contributed by atoms with E-state index >= 15 is 0 Å². The molecule has 5 heteroatoms. The van der Waals surface area contributed by atoms with E-state index in [1.54, 1.807) is 0 Å². The number of aliphatic hydroxyl groups excluding tert-OH is 1. The zero-order valence-corrected chi connectivity index (χ0v) is 9.19. The van der Waals surface area contributed by atoms with Gasteiger partial charge in [0.25, 0.3) is 0 Å². The number of nitrogens with zero attached hydrogens (tertiary/aromatic N) is 1. The third-order valence-corrected chi connectivity index (χ3v) is 2.66. The van der Waals surface area contributed by atoms with Gasteiger partial charge in [-0.15, -0.1) is 0 Å². The van der Waals surface area contributed by atoms with Gasteiger partial charge in [-0.05, 0) is 32.9 Å². The van der Waals surface area contributed by atoms with E-state index in [9.17, 15) is 9.90 Å². The predicted octanol–water partition coefficient (Wildman–Crippen LogP) is -0.666. The SMILES string of the molecule is CN1CCC(OC(=O)C(O)CCN)CC1. The molecule has 0 spiro atoms. The Labute approximate surface area is 90.2 Å². The van der Waals surface area contributed by atoms with Crippen molar-refractivity contribution in [1.29, 1.82) is 0 Å². The maximum absolute atomic E-state index is 11.3. The van der Waals surface area contributed by atoms with Crippen molar-refractivity contribution >= 4 is 5.97 Å². The van der Waals surface area contributed by atoms with Gasteiger partial charge in [-0.3, -0.25) is 0 Å². The smallest absolute Gasteiger partial charge is 0.335 e. The Hall–Kier alpha value is -0.650. The second kappa shape index (κ2) is 6.05. The molecular formula is C10H20N2O3. The van der Waals surface area contributed by atoms with Crippen molar-refractivity contribution in [1.82, 2.24) is 4.90 Å². The normalized spacial score (nSPS) is 21.3. The molecule has 0 amide bonds. The van der Waals surface area contributed by atoms with Crippen LogP contribution in [0.1, 0.15) is 19.3 Å². The highest BCUT2D eigenvalue weighted by atomic mass is 16.6. The van der Waals surface area contributed by atoms with E-state index in [1.807, 2.05) is 7.05 Å². The molecule has 1 fully saturated rings. The fourth-order valence-corrected chi connectivity index (χ4v) is 1.62. The van der Waals surface area contributed by atoms with Crippen molar-refractivity contribution in [3.05, 3.63) is 0 Å². The molecule has 0 bridgehead atoms. The lowest BCUT2D eigenvalue weighted by Gasteiger charge is -2.29. The summed E-state index contributed by atoms with van der Waals surface area (Å²) in [6.45, 7) is 2.17. The van der Waals surface area contributed by atoms with Crippen LogP contribution < -0.4 is 5.73 Å². The van der Waals surface area contributed by atoms with E-state index in [4.69, 9.17) is 10.5 Å². The summed E-state index contributed by atoms with van der Waals surface area (Å²) >= 11 is 0. The lowest BCUT2D eigenvalue weighted by Crippen LogP contribution is -2.37. The molecule has 1 heterocycles. The van der Waals surface area contributed by atoms with E-state index in [2.05, 4.69) is 4.90 Å². The Morgan fingerprint density at radius 1 is 1.60 bits per heavy atom. The second-order valence-electron chi connectivity index (χ2n) is 4.03. The number of hydrogen-bond acceptors (Lipinski definition) is 5. The van der Waals surface area contributed by atoms with Crippen molar-refractivity contribution in [2.24, 2.45) is 5.73 Å². The van der Waals surface area contributed by atoms with Crippen LogP contribution in [0, 0.1) is 0 Å². The first-order chi connectivity index (χ1) is 7.13. The maximum Gasteiger partial charge on any atom is 0.335 e. The number of esters is 1. The molecular weight excluding hydrogens is 196 g/mol. The maximum atomic E-state index is 11.3. The zero-order chi connectivity index (χ0) is 11.3. The van der Waals surface area contributed by atoms with Crippen molar-refractivity contribution in [3.63, 3.8) is 0 Å². The minimum Gasteiger partial charge on any atom is -0.460 e. The summed E-state index contributed by atoms with van der Waals surface area (Å²) in [6, 6.07) is 0. The standard InChI is InChI=1S/C10H20N2O3/c1-12-6-3-8(4-7-12)15-10(14)9(13)2-5-11/h8-9,13H,2-7,11H2,1H3. The van der Waals surface area contributed by atoms with Crippen molar-refractivity contribution in [2.75, 3.05) is 26.7 Å². The van der Waals surface area contributed by atoms with E-state index in [-0.39, 0.29) is 12.5 Å². The summed E-state index contributed by atoms with van der Waals surface area (Å²) in [4.78, 5) is 13.5. The van der Waals surface area contributed by atoms with Gasteiger partial charge < -0.3 is 20.5 Å². The summed E-state index contributed by atoms with van der Waals surface area (Å²) < 4.78 is 5.18. The Morgan fingerprint density at radius 2 is 2.20 bits per heavy atom. The Morgan fingerprint density at radius 3 is 2.73 bits per heavy atom. The Balaban J connectivity index is 2.25. The van der Waals surface area contributed by atoms with Crippen LogP contribution in [0.15, 0.2) is 0 Å². The number of rotatable bonds is 4. The van der Waals surface area contributed by atoms with Crippen molar-refractivity contribution < 1.29 is 14.6 Å². The van der Waals surface area contributed by atoms with Crippen molar-refractivity contribution in [2.45, 2.75) is 31.5 Å². The summed E-state index contributed by atoms with van der Waals surface area (Å²) in [5.74, 6) is -0.532. The predicted molar refractivity (Wildman–Crippen MR) is 56.3 cm³/mol. The van der Waals surface area contributed by atoms with Gasteiger partial charge in [0.15, 0.2) is 6.10 Å². The van der Waals surface area contributed by atoms with Gasteiger partial charge in [-0.25, -0.2) is 4.79 Å². The number of piperidine rings is 1. The summed E-state index contributed by atoms with van der Waals surface area (Å²) in [5, 5.41) is 9.34. The Bertz CT molecular complexity index is 203. The molecule has 15 heavy (non-hydrogen) atoms. The number of aliphatic hydroxyl groups is 1. The number of carbonyl (C=O) groups is 1. The fraction of sp³-hybridized carbons (Fsp3) is 0.900. The molecule has 5 nitrogen and oxygen atoms in total. The number of nitrogens with two attached hydrogens (primary N) is 1. The quantitative estimate of drug-likeness (QED) is 0.610. The zero-order valence-electron chi connectivity index (χ0n) is 9.19. The number of carbonyl (C=O) groups excluding carboxylic acids is 1. The molecule has 0 radical (unpaired) electrons. The van der Waals surface area contributed by atoms with Crippen LogP contribution in [0.2, 0.25) is 0 Å². The van der Waals surface area contributed by atoms with Crippen LogP contribution in [0.25, 0.3) is 0 Å². The monoisotopic (exact) mass is 216 g/mol. The number of hydrogen-bond donors (Lipinski definition) is 2. The van der Waals surface area contributed by atoms with E-state index in [1.165, 1.54) is 0 Å². The molecule has 1 atom stereocenters. The first-order valence-electron chi connectivity index (χ1n) is 5.40. The molecule has 0 aromatic heterocycles. The summed E-state index contributed by atoms with van der Waals surface area (Å²) in [5.41, 5.74) is 5.24. The van der Waals surface area contributed by atoms with Crippen LogP contribution in [0.5, 0.6) is 0 Å². The van der Waals surface area contributed by atoms with Crippen LogP contribution in [0.3, 0.4) is 0 Å². The average molecular weight is 216 g/mol. The number of likely N-dealkylation sites (tertiary alicyclic amines) is 1. The third kappa shape index (κ3) is 4.15. The molecule has 1 unspecified atom stereocenters. The molecule has 0 aliphatic carbocycles. The van der Waals surface area contributed by atoms with Crippen LogP contribution in [-0.4, -0.2) is 54.9 Å². The Kier molecular flexibility index (Phi) is 5.01. The first kappa shape index (κ1) is 12.4. The van der Waals surface area contributed by atoms with E-state index < -0.39 is 12.1 Å². The van der Waals surface area contributed by atoms with Gasteiger partial charge in [0.2, 0.25) is 0 Å². The topological polar surface area (TPSA) is 75.8 Å². The van der Waals surface area contributed by atoms with Crippen LogP contribution in [-0.2, 0) is 9.53 Å². The number of ether oxygens (including phenoxy) is 1. The molecule has 1 saturated heterocycles. The molecule has 1 aliphatic rings. The molecule has 88 valence electrons. The molecule has 1 rings (SSSR count). The van der Waals surface area contributed by atoms with Gasteiger partial charge in [0, 0.05) is 13.1 Å². The van der Waals surface area contributed by atoms with Gasteiger partial charge in [-0.1, -0.05) is 0 Å². The highest BCUT2D eigenvalue weighted by Crippen LogP contribution is 2.13. The first-order valence-corrected chi connectivity index (χ1v) is 5.40. The van der Waals surface area contributed by atoms with E-state index in [0.717, 1.165) is 25.9 Å². The second-order valence-corrected chi connectivity index (χ2v) is 4.03.